The Balaban J connectivity index is 2.32. The van der Waals surface area contributed by atoms with Crippen molar-refractivity contribution in [3.63, 3.8) is 0 Å². The maximum atomic E-state index is 12.7. The first kappa shape index (κ1) is 15.4. The minimum absolute atomic E-state index is 0.0260. The summed E-state index contributed by atoms with van der Waals surface area (Å²) in [6.45, 7) is 1.90. The molecule has 0 aliphatic carbocycles. The van der Waals surface area contributed by atoms with E-state index < -0.39 is 9.84 Å². The highest BCUT2D eigenvalue weighted by atomic mass is 32.2. The fraction of sp³-hybridized carbons (Fsp3) is 0.400. The van der Waals surface area contributed by atoms with Gasteiger partial charge in [-0.3, -0.25) is 4.79 Å². The molecule has 1 atom stereocenters. The third kappa shape index (κ3) is 3.37. The zero-order valence-electron chi connectivity index (χ0n) is 11.9. The third-order valence-electron chi connectivity index (χ3n) is 3.66. The molecule has 1 saturated heterocycles. The topological polar surface area (TPSA) is 80.5 Å². The molecule has 5 nitrogen and oxygen atoms in total. The number of nitrogens with two attached hydrogens (primary N) is 1. The number of nitrogen functional groups attached to an aromatic ring is 1. The molecule has 21 heavy (non-hydrogen) atoms. The normalized spacial score (nSPS) is 19.9. The Kier molecular flexibility index (Phi) is 4.24. The van der Waals surface area contributed by atoms with Gasteiger partial charge in [0.15, 0.2) is 9.84 Å². The second-order valence-electron chi connectivity index (χ2n) is 5.27. The molecular weight excluding hydrogens is 288 g/mol. The summed E-state index contributed by atoms with van der Waals surface area (Å²) in [5.41, 5.74) is 7.47. The Morgan fingerprint density at radius 2 is 2.24 bits per heavy atom. The minimum atomic E-state index is -3.08. The standard InChI is InChI=1S/C15H18N2O3S/c1-3-7-17(13-6-8-21(19,20)10-13)15(18)14-9-12(16)5-4-11(14)2/h1,4-5,9,13H,6-8,10,16H2,2H3. The van der Waals surface area contributed by atoms with Gasteiger partial charge in [0, 0.05) is 17.3 Å². The first-order valence-electron chi connectivity index (χ1n) is 6.65. The van der Waals surface area contributed by atoms with Crippen LogP contribution in [0.15, 0.2) is 18.2 Å². The van der Waals surface area contributed by atoms with Crippen molar-refractivity contribution in [3.8, 4) is 12.3 Å². The quantitative estimate of drug-likeness (QED) is 0.663. The van der Waals surface area contributed by atoms with Crippen LogP contribution >= 0.6 is 0 Å². The van der Waals surface area contributed by atoms with Crippen molar-refractivity contribution in [2.24, 2.45) is 0 Å². The number of benzene rings is 1. The zero-order chi connectivity index (χ0) is 15.6. The summed E-state index contributed by atoms with van der Waals surface area (Å²) in [7, 11) is -3.08. The van der Waals surface area contributed by atoms with Gasteiger partial charge in [0.05, 0.1) is 18.1 Å². The number of sulfone groups is 1. The summed E-state index contributed by atoms with van der Waals surface area (Å²) in [4.78, 5) is 14.2. The van der Waals surface area contributed by atoms with Crippen LogP contribution < -0.4 is 5.73 Å². The number of aryl methyl sites for hydroxylation is 1. The molecule has 1 aliphatic rings. The van der Waals surface area contributed by atoms with Gasteiger partial charge in [0.25, 0.3) is 5.91 Å². The largest absolute Gasteiger partial charge is 0.399 e. The number of carbonyl (C=O) groups is 1. The van der Waals surface area contributed by atoms with Gasteiger partial charge < -0.3 is 10.6 Å². The van der Waals surface area contributed by atoms with E-state index in [1.54, 1.807) is 18.2 Å². The van der Waals surface area contributed by atoms with Crippen LogP contribution in [0.5, 0.6) is 0 Å². The molecule has 0 saturated carbocycles. The van der Waals surface area contributed by atoms with Gasteiger partial charge in [-0.05, 0) is 31.0 Å². The molecule has 0 aromatic heterocycles. The highest BCUT2D eigenvalue weighted by molar-refractivity contribution is 7.91. The Morgan fingerprint density at radius 1 is 1.52 bits per heavy atom. The van der Waals surface area contributed by atoms with Crippen molar-refractivity contribution in [2.45, 2.75) is 19.4 Å². The fourth-order valence-electron chi connectivity index (χ4n) is 2.51. The lowest BCUT2D eigenvalue weighted by Gasteiger charge is -2.27. The van der Waals surface area contributed by atoms with E-state index in [4.69, 9.17) is 12.2 Å². The van der Waals surface area contributed by atoms with Crippen molar-refractivity contribution < 1.29 is 13.2 Å². The fourth-order valence-corrected chi connectivity index (χ4v) is 4.24. The molecule has 1 amide bonds. The van der Waals surface area contributed by atoms with Gasteiger partial charge in [0.2, 0.25) is 0 Å². The Hall–Kier alpha value is -2.00. The number of rotatable bonds is 3. The van der Waals surface area contributed by atoms with Gasteiger partial charge in [0.1, 0.15) is 0 Å². The molecule has 6 heteroatoms. The lowest BCUT2D eigenvalue weighted by Crippen LogP contribution is -2.41. The molecule has 1 aromatic carbocycles. The summed E-state index contributed by atoms with van der Waals surface area (Å²) in [6, 6.07) is 4.73. The van der Waals surface area contributed by atoms with Crippen LogP contribution in [0, 0.1) is 19.3 Å². The van der Waals surface area contributed by atoms with E-state index in [-0.39, 0.29) is 30.0 Å². The summed E-state index contributed by atoms with van der Waals surface area (Å²) >= 11 is 0. The molecular formula is C15H18N2O3S. The number of hydrogen-bond donors (Lipinski definition) is 1. The maximum absolute atomic E-state index is 12.7. The van der Waals surface area contributed by atoms with E-state index in [0.717, 1.165) is 5.56 Å². The van der Waals surface area contributed by atoms with Crippen molar-refractivity contribution in [2.75, 3.05) is 23.8 Å². The van der Waals surface area contributed by atoms with Gasteiger partial charge in [-0.15, -0.1) is 6.42 Å². The van der Waals surface area contributed by atoms with E-state index in [0.29, 0.717) is 17.7 Å². The number of nitrogens with zero attached hydrogens (tertiary/aromatic N) is 1. The number of hydrogen-bond acceptors (Lipinski definition) is 4. The molecule has 2 N–H and O–H groups in total. The van der Waals surface area contributed by atoms with Crippen LogP contribution in [0.2, 0.25) is 0 Å². The molecule has 1 unspecified atom stereocenters. The summed E-state index contributed by atoms with van der Waals surface area (Å²) < 4.78 is 23.2. The summed E-state index contributed by atoms with van der Waals surface area (Å²) in [5.74, 6) is 2.24. The highest BCUT2D eigenvalue weighted by Gasteiger charge is 2.35. The average molecular weight is 306 g/mol. The van der Waals surface area contributed by atoms with Crippen molar-refractivity contribution in [1.29, 1.82) is 0 Å². The second-order valence-corrected chi connectivity index (χ2v) is 7.50. The molecule has 1 aliphatic heterocycles. The van der Waals surface area contributed by atoms with Crippen LogP contribution in [0.4, 0.5) is 5.69 Å². The Morgan fingerprint density at radius 3 is 2.81 bits per heavy atom. The van der Waals surface area contributed by atoms with Gasteiger partial charge in [-0.25, -0.2) is 8.42 Å². The lowest BCUT2D eigenvalue weighted by atomic mass is 10.1. The minimum Gasteiger partial charge on any atom is -0.399 e. The highest BCUT2D eigenvalue weighted by Crippen LogP contribution is 2.22. The van der Waals surface area contributed by atoms with Crippen LogP contribution in [0.25, 0.3) is 0 Å². The molecule has 112 valence electrons. The van der Waals surface area contributed by atoms with E-state index in [1.165, 1.54) is 4.90 Å². The molecule has 2 rings (SSSR count). The molecule has 1 heterocycles. The van der Waals surface area contributed by atoms with Gasteiger partial charge in [-0.1, -0.05) is 12.0 Å². The first-order chi connectivity index (χ1) is 9.84. The van der Waals surface area contributed by atoms with Crippen LogP contribution in [-0.2, 0) is 9.84 Å². The molecule has 1 fully saturated rings. The van der Waals surface area contributed by atoms with Crippen molar-refractivity contribution in [1.82, 2.24) is 4.90 Å². The van der Waals surface area contributed by atoms with Crippen molar-refractivity contribution in [3.05, 3.63) is 29.3 Å². The Bertz CT molecular complexity index is 704. The van der Waals surface area contributed by atoms with Gasteiger partial charge >= 0.3 is 0 Å². The molecule has 0 spiro atoms. The molecule has 0 radical (unpaired) electrons. The van der Waals surface area contributed by atoms with Crippen LogP contribution in [0.1, 0.15) is 22.3 Å². The number of carbonyl (C=O) groups excluding carboxylic acids is 1. The van der Waals surface area contributed by atoms with Crippen LogP contribution in [-0.4, -0.2) is 43.3 Å². The molecule has 1 aromatic rings. The SMILES string of the molecule is C#CCN(C(=O)c1cc(N)ccc1C)C1CCS(=O)(=O)C1. The smallest absolute Gasteiger partial charge is 0.255 e. The maximum Gasteiger partial charge on any atom is 0.255 e. The van der Waals surface area contributed by atoms with E-state index in [9.17, 15) is 13.2 Å². The number of terminal acetylenes is 1. The van der Waals surface area contributed by atoms with E-state index in [1.807, 2.05) is 6.92 Å². The Labute approximate surface area is 125 Å². The second kappa shape index (κ2) is 5.78. The lowest BCUT2D eigenvalue weighted by molar-refractivity contribution is 0.0723. The number of anilines is 1. The predicted molar refractivity (Wildman–Crippen MR) is 82.5 cm³/mol. The van der Waals surface area contributed by atoms with Crippen molar-refractivity contribution >= 4 is 21.4 Å². The molecule has 0 bridgehead atoms. The van der Waals surface area contributed by atoms with Crippen LogP contribution in [0.3, 0.4) is 0 Å². The average Bonchev–Trinajstić information content (AvgIpc) is 2.78. The van der Waals surface area contributed by atoms with E-state index >= 15 is 0 Å². The summed E-state index contributed by atoms with van der Waals surface area (Å²) in [6.07, 6.45) is 5.76. The number of amides is 1. The monoisotopic (exact) mass is 306 g/mol. The third-order valence-corrected chi connectivity index (χ3v) is 5.41. The first-order valence-corrected chi connectivity index (χ1v) is 8.47. The van der Waals surface area contributed by atoms with E-state index in [2.05, 4.69) is 5.92 Å². The predicted octanol–water partition coefficient (Wildman–Crippen LogP) is 0.840. The van der Waals surface area contributed by atoms with Gasteiger partial charge in [-0.2, -0.15) is 0 Å². The zero-order valence-corrected chi connectivity index (χ0v) is 12.7. The summed E-state index contributed by atoms with van der Waals surface area (Å²) in [5, 5.41) is 0.